The van der Waals surface area contributed by atoms with Crippen LogP contribution in [0, 0.1) is 0 Å². The fourth-order valence-electron chi connectivity index (χ4n) is 1.64. The molecule has 126 valence electrons. The van der Waals surface area contributed by atoms with Crippen LogP contribution >= 0.6 is 11.6 Å². The van der Waals surface area contributed by atoms with Crippen LogP contribution in [0.1, 0.15) is 30.6 Å². The number of urea groups is 1. The molecule has 0 radical (unpaired) electrons. The van der Waals surface area contributed by atoms with Gasteiger partial charge in [0.05, 0.1) is 17.1 Å². The Balaban J connectivity index is 2.79. The smallest absolute Gasteiger partial charge is 0.319 e. The summed E-state index contributed by atoms with van der Waals surface area (Å²) in [6.45, 7) is 3.78. The first-order valence-corrected chi connectivity index (χ1v) is 7.43. The lowest BCUT2D eigenvalue weighted by Crippen LogP contribution is -2.33. The fourth-order valence-corrected chi connectivity index (χ4v) is 1.81. The van der Waals surface area contributed by atoms with Crippen LogP contribution in [0.2, 0.25) is 5.02 Å². The number of nitrogens with zero attached hydrogens (tertiary/aromatic N) is 1. The van der Waals surface area contributed by atoms with E-state index in [4.69, 9.17) is 16.7 Å². The molecule has 0 aliphatic rings. The summed E-state index contributed by atoms with van der Waals surface area (Å²) in [5.41, 5.74) is 0.675. The third-order valence-electron chi connectivity index (χ3n) is 3.18. The number of carboxylic acids is 1. The van der Waals surface area contributed by atoms with E-state index in [9.17, 15) is 14.4 Å². The highest BCUT2D eigenvalue weighted by atomic mass is 35.5. The summed E-state index contributed by atoms with van der Waals surface area (Å²) in [5, 5.41) is 13.7. The molecule has 0 saturated carbocycles. The lowest BCUT2D eigenvalue weighted by Gasteiger charge is -2.22. The summed E-state index contributed by atoms with van der Waals surface area (Å²) in [7, 11) is 1.69. The Morgan fingerprint density at radius 2 is 1.96 bits per heavy atom. The van der Waals surface area contributed by atoms with Crippen molar-refractivity contribution in [1.29, 1.82) is 0 Å². The first-order chi connectivity index (χ1) is 10.7. The van der Waals surface area contributed by atoms with E-state index in [2.05, 4.69) is 10.6 Å². The Labute approximate surface area is 139 Å². The monoisotopic (exact) mass is 341 g/mol. The minimum absolute atomic E-state index is 0.00645. The number of halogens is 1. The van der Waals surface area contributed by atoms with Crippen molar-refractivity contribution >= 4 is 35.2 Å². The second-order valence-corrected chi connectivity index (χ2v) is 5.64. The van der Waals surface area contributed by atoms with Gasteiger partial charge in [0.15, 0.2) is 0 Å². The van der Waals surface area contributed by atoms with E-state index in [1.165, 1.54) is 12.1 Å². The summed E-state index contributed by atoms with van der Waals surface area (Å²) < 4.78 is 0. The quantitative estimate of drug-likeness (QED) is 0.740. The van der Waals surface area contributed by atoms with Gasteiger partial charge < -0.3 is 20.6 Å². The number of hydrogen-bond donors (Lipinski definition) is 3. The van der Waals surface area contributed by atoms with Crippen molar-refractivity contribution in [1.82, 2.24) is 10.2 Å². The molecule has 3 amide bonds. The molecule has 8 heteroatoms. The molecule has 0 atom stereocenters. The van der Waals surface area contributed by atoms with E-state index in [1.54, 1.807) is 18.0 Å². The summed E-state index contributed by atoms with van der Waals surface area (Å²) >= 11 is 6.01. The summed E-state index contributed by atoms with van der Waals surface area (Å²) in [4.78, 5) is 35.9. The number of carbonyl (C=O) groups is 3. The van der Waals surface area contributed by atoms with Crippen molar-refractivity contribution in [3.63, 3.8) is 0 Å². The first kappa shape index (κ1) is 18.8. The predicted octanol–water partition coefficient (Wildman–Crippen LogP) is 2.42. The van der Waals surface area contributed by atoms with Crippen molar-refractivity contribution in [2.45, 2.75) is 26.3 Å². The van der Waals surface area contributed by atoms with Gasteiger partial charge in [-0.2, -0.15) is 0 Å². The average Bonchev–Trinajstić information content (AvgIpc) is 2.47. The molecule has 0 aliphatic carbocycles. The van der Waals surface area contributed by atoms with Crippen LogP contribution in [0.5, 0.6) is 0 Å². The van der Waals surface area contributed by atoms with Crippen molar-refractivity contribution in [2.24, 2.45) is 0 Å². The molecule has 0 aliphatic heterocycles. The van der Waals surface area contributed by atoms with Crippen molar-refractivity contribution in [2.75, 3.05) is 18.9 Å². The number of nitrogens with one attached hydrogen (secondary N) is 2. The molecule has 7 nitrogen and oxygen atoms in total. The molecule has 23 heavy (non-hydrogen) atoms. The predicted molar refractivity (Wildman–Crippen MR) is 88.0 cm³/mol. The zero-order chi connectivity index (χ0) is 17.6. The summed E-state index contributed by atoms with van der Waals surface area (Å²) in [5.74, 6) is -1.20. The number of anilines is 1. The van der Waals surface area contributed by atoms with E-state index in [0.29, 0.717) is 5.56 Å². The minimum atomic E-state index is -1.01. The van der Waals surface area contributed by atoms with Gasteiger partial charge in [-0.05, 0) is 32.0 Å². The van der Waals surface area contributed by atoms with Crippen molar-refractivity contribution in [3.8, 4) is 0 Å². The Hall–Kier alpha value is -2.28. The highest BCUT2D eigenvalue weighted by Crippen LogP contribution is 2.23. The molecule has 1 aromatic rings. The molecule has 0 saturated heterocycles. The van der Waals surface area contributed by atoms with Gasteiger partial charge >= 0.3 is 12.0 Å². The number of rotatable bonds is 6. The highest BCUT2D eigenvalue weighted by molar-refractivity contribution is 6.33. The normalized spacial score (nSPS) is 10.3. The van der Waals surface area contributed by atoms with Gasteiger partial charge in [0, 0.05) is 25.2 Å². The molecule has 3 N–H and O–H groups in total. The van der Waals surface area contributed by atoms with Gasteiger partial charge in [0.25, 0.3) is 5.91 Å². The van der Waals surface area contributed by atoms with Crippen LogP contribution < -0.4 is 10.6 Å². The third kappa shape index (κ3) is 5.78. The maximum atomic E-state index is 12.3. The second kappa shape index (κ2) is 8.38. The topological polar surface area (TPSA) is 98.7 Å². The van der Waals surface area contributed by atoms with E-state index in [0.717, 1.165) is 0 Å². The fraction of sp³-hybridized carbons (Fsp3) is 0.400. The molecule has 0 fully saturated rings. The second-order valence-electron chi connectivity index (χ2n) is 5.23. The molecule has 0 aromatic heterocycles. The van der Waals surface area contributed by atoms with E-state index >= 15 is 0 Å². The molecule has 0 unspecified atom stereocenters. The van der Waals surface area contributed by atoms with Crippen LogP contribution in [0.4, 0.5) is 10.5 Å². The molecular formula is C15H20ClN3O4. The van der Waals surface area contributed by atoms with Crippen LogP contribution in [-0.2, 0) is 4.79 Å². The molecular weight excluding hydrogens is 322 g/mol. The molecule has 0 heterocycles. The Morgan fingerprint density at radius 1 is 1.30 bits per heavy atom. The van der Waals surface area contributed by atoms with Crippen LogP contribution in [0.25, 0.3) is 0 Å². The average molecular weight is 342 g/mol. The third-order valence-corrected chi connectivity index (χ3v) is 3.51. The SMILES string of the molecule is CC(C)N(C)C(=O)c1ccc(Cl)c(NC(=O)NCCC(=O)O)c1. The standard InChI is InChI=1S/C15H20ClN3O4/c1-9(2)19(3)14(22)10-4-5-11(16)12(8-10)18-15(23)17-7-6-13(20)21/h4-5,8-9H,6-7H2,1-3H3,(H,20,21)(H2,17,18,23). The maximum absolute atomic E-state index is 12.3. The summed E-state index contributed by atoms with van der Waals surface area (Å²) in [6, 6.07) is 4.04. The van der Waals surface area contributed by atoms with Crippen LogP contribution in [0.3, 0.4) is 0 Å². The number of amides is 3. The van der Waals surface area contributed by atoms with Crippen LogP contribution in [0.15, 0.2) is 18.2 Å². The van der Waals surface area contributed by atoms with Gasteiger partial charge in [-0.3, -0.25) is 9.59 Å². The molecule has 1 aromatic carbocycles. The number of benzene rings is 1. The van der Waals surface area contributed by atoms with Gasteiger partial charge in [0.1, 0.15) is 0 Å². The Morgan fingerprint density at radius 3 is 2.52 bits per heavy atom. The van der Waals surface area contributed by atoms with Gasteiger partial charge in [-0.25, -0.2) is 4.79 Å². The van der Waals surface area contributed by atoms with Crippen LogP contribution in [-0.4, -0.2) is 47.5 Å². The molecule has 0 spiro atoms. The van der Waals surface area contributed by atoms with E-state index in [1.807, 2.05) is 13.8 Å². The Bertz CT molecular complexity index is 604. The van der Waals surface area contributed by atoms with Crippen molar-refractivity contribution in [3.05, 3.63) is 28.8 Å². The highest BCUT2D eigenvalue weighted by Gasteiger charge is 2.16. The number of carboxylic acid groups (broad SMARTS) is 1. The number of carbonyl (C=O) groups excluding carboxylic acids is 2. The maximum Gasteiger partial charge on any atom is 0.319 e. The zero-order valence-electron chi connectivity index (χ0n) is 13.2. The minimum Gasteiger partial charge on any atom is -0.481 e. The first-order valence-electron chi connectivity index (χ1n) is 7.05. The molecule has 0 bridgehead atoms. The van der Waals surface area contributed by atoms with Gasteiger partial charge in [0.2, 0.25) is 0 Å². The lowest BCUT2D eigenvalue weighted by atomic mass is 10.1. The van der Waals surface area contributed by atoms with Crippen molar-refractivity contribution < 1.29 is 19.5 Å². The Kier molecular flexibility index (Phi) is 6.84. The van der Waals surface area contributed by atoms with E-state index < -0.39 is 12.0 Å². The summed E-state index contributed by atoms with van der Waals surface area (Å²) in [6.07, 6.45) is -0.182. The number of aliphatic carboxylic acids is 1. The largest absolute Gasteiger partial charge is 0.481 e. The molecule has 1 rings (SSSR count). The van der Waals surface area contributed by atoms with Gasteiger partial charge in [-0.1, -0.05) is 11.6 Å². The zero-order valence-corrected chi connectivity index (χ0v) is 14.0. The number of hydrogen-bond acceptors (Lipinski definition) is 3. The lowest BCUT2D eigenvalue weighted by molar-refractivity contribution is -0.136. The van der Waals surface area contributed by atoms with E-state index in [-0.39, 0.29) is 35.6 Å². The van der Waals surface area contributed by atoms with Gasteiger partial charge in [-0.15, -0.1) is 0 Å².